The lowest BCUT2D eigenvalue weighted by Crippen LogP contribution is -2.59. The fourth-order valence-corrected chi connectivity index (χ4v) is 11.4. The van der Waals surface area contributed by atoms with Gasteiger partial charge in [-0.15, -0.1) is 0 Å². The average molecular weight is 891 g/mol. The highest BCUT2D eigenvalue weighted by Gasteiger charge is 2.61. The minimum atomic E-state index is -4.81. The largest absolute Gasteiger partial charge is 0.463 e. The zero-order chi connectivity index (χ0) is 45.5. The summed E-state index contributed by atoms with van der Waals surface area (Å²) in [6, 6.07) is 29.1. The molecule has 334 valence electrons. The van der Waals surface area contributed by atoms with E-state index in [0.717, 1.165) is 16.7 Å². The highest BCUT2D eigenvalue weighted by atomic mass is 32.1. The van der Waals surface area contributed by atoms with Crippen LogP contribution in [0.4, 0.5) is 5.95 Å². The van der Waals surface area contributed by atoms with Gasteiger partial charge < -0.3 is 30.5 Å². The van der Waals surface area contributed by atoms with Crippen molar-refractivity contribution in [1.82, 2.24) is 24.6 Å². The molecule has 3 heterocycles. The van der Waals surface area contributed by atoms with Gasteiger partial charge in [-0.05, 0) is 52.3 Å². The van der Waals surface area contributed by atoms with Crippen LogP contribution in [0.1, 0.15) is 98.1 Å². The van der Waals surface area contributed by atoms with Gasteiger partial charge >= 0.3 is 7.75 Å². The lowest BCUT2D eigenvalue weighted by molar-refractivity contribution is -0.105. The van der Waals surface area contributed by atoms with Crippen LogP contribution in [0.15, 0.2) is 102 Å². The molecule has 1 aliphatic rings. The summed E-state index contributed by atoms with van der Waals surface area (Å²) in [5, 5.41) is 37.9. The Morgan fingerprint density at radius 2 is 1.50 bits per heavy atom. The van der Waals surface area contributed by atoms with Gasteiger partial charge in [0.1, 0.15) is 24.0 Å². The van der Waals surface area contributed by atoms with Crippen LogP contribution in [0, 0.1) is 11.3 Å². The zero-order valence-electron chi connectivity index (χ0n) is 36.6. The number of hydrogen-bond acceptors (Lipinski definition) is 13. The summed E-state index contributed by atoms with van der Waals surface area (Å²) in [5.74, 6) is -0.694. The molecule has 0 aliphatic carbocycles. The molecular weight excluding hydrogens is 832 g/mol. The number of aliphatic hydroxyl groups is 3. The third-order valence-electron chi connectivity index (χ3n) is 11.3. The lowest BCUT2D eigenvalue weighted by atomic mass is 9.68. The molecule has 0 spiro atoms. The van der Waals surface area contributed by atoms with Gasteiger partial charge in [-0.2, -0.15) is 10.1 Å². The zero-order valence-corrected chi connectivity index (χ0v) is 38.3. The van der Waals surface area contributed by atoms with E-state index in [0.29, 0.717) is 12.8 Å². The van der Waals surface area contributed by atoms with E-state index < -0.39 is 71.7 Å². The third kappa shape index (κ3) is 8.90. The summed E-state index contributed by atoms with van der Waals surface area (Å²) in [6.45, 7) is 16.0. The standard InChI is InChI=1S/C45H59N6O9PS/c1-10-20-28(2)45(41(3,4)5,39(62)58-44(29-21-14-11-15-22-29,30-23-16-12-17-24-30)31-25-18-13-19-26-31)60-61(56,59-42(6,7)8)50-37(54)33-34(52)43(9,55)38(57-33)51-27-47-32-35(51)48-40(46)49-36(32)53/h11-19,21-28,33-34,37-38,52,54-55H,10,20H2,1-9H3,(H,50,56)(H3,46,48,49,53)/t28?,33-,34+,37?,38+,43+,45?,61?/m0/s1. The average Bonchev–Trinajstić information content (AvgIpc) is 3.72. The molecule has 0 bridgehead atoms. The van der Waals surface area contributed by atoms with Crippen LogP contribution in [0.3, 0.4) is 0 Å². The number of nitrogen functional groups attached to an aromatic ring is 1. The topological polar surface area (TPSA) is 216 Å². The van der Waals surface area contributed by atoms with Gasteiger partial charge in [-0.3, -0.25) is 23.4 Å². The number of imidazole rings is 1. The monoisotopic (exact) mass is 890 g/mol. The second kappa shape index (κ2) is 17.7. The molecule has 7 N–H and O–H groups in total. The molecule has 0 radical (unpaired) electrons. The van der Waals surface area contributed by atoms with E-state index in [1.165, 1.54) is 17.8 Å². The van der Waals surface area contributed by atoms with Gasteiger partial charge in [0.15, 0.2) is 33.6 Å². The van der Waals surface area contributed by atoms with Gasteiger partial charge in [0.05, 0.1) is 11.9 Å². The van der Waals surface area contributed by atoms with Crippen molar-refractivity contribution in [1.29, 1.82) is 0 Å². The quantitative estimate of drug-likeness (QED) is 0.0267. The number of nitrogens with one attached hydrogen (secondary N) is 2. The highest BCUT2D eigenvalue weighted by molar-refractivity contribution is 7.80. The minimum Gasteiger partial charge on any atom is -0.463 e. The maximum atomic E-state index is 15.8. The molecule has 5 aromatic rings. The summed E-state index contributed by atoms with van der Waals surface area (Å²) in [7, 11) is -4.81. The first kappa shape index (κ1) is 47.1. The molecule has 2 aromatic heterocycles. The van der Waals surface area contributed by atoms with Gasteiger partial charge in [0, 0.05) is 22.1 Å². The lowest BCUT2D eigenvalue weighted by Gasteiger charge is -2.51. The number of nitrogens with zero attached hydrogens (tertiary/aromatic N) is 3. The molecule has 62 heavy (non-hydrogen) atoms. The Balaban J connectivity index is 1.47. The summed E-state index contributed by atoms with van der Waals surface area (Å²) in [4.78, 5) is 23.2. The number of hydrogen-bond donors (Lipinski definition) is 6. The minimum absolute atomic E-state index is 0.0228. The fraction of sp³-hybridized carbons (Fsp3) is 0.467. The van der Waals surface area contributed by atoms with Crippen molar-refractivity contribution in [2.24, 2.45) is 11.3 Å². The number of ether oxygens (including phenoxy) is 2. The van der Waals surface area contributed by atoms with E-state index in [-0.39, 0.29) is 22.2 Å². The van der Waals surface area contributed by atoms with E-state index in [1.807, 2.05) is 126 Å². The van der Waals surface area contributed by atoms with E-state index in [2.05, 4.69) is 20.0 Å². The van der Waals surface area contributed by atoms with Crippen molar-refractivity contribution in [3.8, 4) is 0 Å². The Labute approximate surface area is 367 Å². The Kier molecular flexibility index (Phi) is 13.4. The number of rotatable bonds is 15. The number of H-pyrrole nitrogens is 1. The molecule has 1 saturated heterocycles. The molecule has 3 aromatic carbocycles. The molecular formula is C45H59N6O9PS. The Hall–Kier alpha value is -4.35. The van der Waals surface area contributed by atoms with Gasteiger partial charge in [-0.25, -0.2) is 9.55 Å². The molecule has 17 heteroatoms. The molecule has 6 rings (SSSR count). The first-order valence-electron chi connectivity index (χ1n) is 20.7. The summed E-state index contributed by atoms with van der Waals surface area (Å²) < 4.78 is 43.8. The SMILES string of the molecule is CCCC(C)C(OP(=O)(NC(O)[C@H]1O[C@@H](n2cnc3c(=O)[nH]c(N)nc32)[C@](C)(O)[C@@H]1O)OC(C)(C)C)(C(=S)OC(c1ccccc1)(c1ccccc1)c1ccccc1)C(C)(C)C. The summed E-state index contributed by atoms with van der Waals surface area (Å²) >= 11 is 6.51. The number of aliphatic hydroxyl groups excluding tert-OH is 2. The van der Waals surface area contributed by atoms with Gasteiger partial charge in [0.2, 0.25) is 5.95 Å². The smallest absolute Gasteiger partial charge is 0.409 e. The second-order valence-corrected chi connectivity index (χ2v) is 20.1. The second-order valence-electron chi connectivity index (χ2n) is 18.1. The van der Waals surface area contributed by atoms with Gasteiger partial charge in [0.25, 0.3) is 5.56 Å². The number of fused-ring (bicyclic) bond motifs is 1. The third-order valence-corrected chi connectivity index (χ3v) is 13.6. The Morgan fingerprint density at radius 1 is 0.984 bits per heavy atom. The maximum absolute atomic E-state index is 15.8. The number of thiocarbonyl (C=S) groups is 1. The number of aromatic nitrogens is 4. The van der Waals surface area contributed by atoms with Crippen molar-refractivity contribution >= 4 is 42.1 Å². The van der Waals surface area contributed by atoms with Crippen molar-refractivity contribution < 1.29 is 38.4 Å². The number of nitrogens with two attached hydrogens (primary N) is 1. The van der Waals surface area contributed by atoms with Crippen molar-refractivity contribution in [3.63, 3.8) is 0 Å². The Morgan fingerprint density at radius 3 is 1.97 bits per heavy atom. The van der Waals surface area contributed by atoms with Crippen LogP contribution in [-0.2, 0) is 28.7 Å². The van der Waals surface area contributed by atoms with E-state index in [9.17, 15) is 20.1 Å². The van der Waals surface area contributed by atoms with E-state index in [4.69, 9.17) is 36.5 Å². The highest BCUT2D eigenvalue weighted by Crippen LogP contribution is 2.59. The van der Waals surface area contributed by atoms with Crippen LogP contribution < -0.4 is 16.4 Å². The Bertz CT molecular complexity index is 2340. The first-order chi connectivity index (χ1) is 29.0. The van der Waals surface area contributed by atoms with Crippen molar-refractivity contribution in [3.05, 3.63) is 124 Å². The predicted molar refractivity (Wildman–Crippen MR) is 241 cm³/mol. The molecule has 4 unspecified atom stereocenters. The molecule has 0 amide bonds. The number of anilines is 1. The van der Waals surface area contributed by atoms with E-state index in [1.54, 1.807) is 20.8 Å². The molecule has 0 saturated carbocycles. The number of aromatic amines is 1. The summed E-state index contributed by atoms with van der Waals surface area (Å²) in [6.07, 6.45) is -4.49. The van der Waals surface area contributed by atoms with Crippen LogP contribution >= 0.6 is 20.0 Å². The van der Waals surface area contributed by atoms with E-state index >= 15 is 4.57 Å². The summed E-state index contributed by atoms with van der Waals surface area (Å²) in [5.41, 5.74) is 0.101. The molecule has 1 aliphatic heterocycles. The fourth-order valence-electron chi connectivity index (χ4n) is 8.46. The van der Waals surface area contributed by atoms with Crippen molar-refractivity contribution in [2.75, 3.05) is 5.73 Å². The molecule has 15 nitrogen and oxygen atoms in total. The maximum Gasteiger partial charge on any atom is 0.409 e. The molecule has 8 atom stereocenters. The first-order valence-corrected chi connectivity index (χ1v) is 22.6. The predicted octanol–water partition coefficient (Wildman–Crippen LogP) is 7.12. The van der Waals surface area contributed by atoms with Crippen molar-refractivity contribution in [2.45, 2.75) is 122 Å². The molecule has 1 fully saturated rings. The number of benzene rings is 3. The van der Waals surface area contributed by atoms with Gasteiger partial charge in [-0.1, -0.05) is 132 Å². The van der Waals surface area contributed by atoms with Crippen LogP contribution in [0.25, 0.3) is 11.2 Å². The normalized spacial score (nSPS) is 22.7. The van der Waals surface area contributed by atoms with Crippen LogP contribution in [-0.4, -0.2) is 75.1 Å². The van der Waals surface area contributed by atoms with Crippen LogP contribution in [0.2, 0.25) is 0 Å². The van der Waals surface area contributed by atoms with Crippen LogP contribution in [0.5, 0.6) is 0 Å².